The number of carbonyl (C=O) groups excluding carboxylic acids is 1. The molecule has 1 amide bonds. The van der Waals surface area contributed by atoms with Crippen LogP contribution in [0.2, 0.25) is 0 Å². The van der Waals surface area contributed by atoms with Crippen molar-refractivity contribution in [1.82, 2.24) is 14.8 Å². The number of benzene rings is 2. The molecule has 0 radical (unpaired) electrons. The molecule has 1 N–H and O–H groups in total. The maximum absolute atomic E-state index is 13.0. The normalized spacial score (nSPS) is 15.7. The number of anilines is 2. The van der Waals surface area contributed by atoms with E-state index < -0.39 is 0 Å². The average Bonchev–Trinajstić information content (AvgIpc) is 3.50. The first-order chi connectivity index (χ1) is 15.7. The maximum Gasteiger partial charge on any atom is 0.248 e. The molecule has 1 atom stereocenters. The SMILES string of the molecule is Cn1nccc1-c1ccc(N2CCC[C@H]2C(=O)Nc2ccc(-c3ccccc3)cn2)cc1. The van der Waals surface area contributed by atoms with Gasteiger partial charge in [-0.05, 0) is 54.3 Å². The first-order valence-corrected chi connectivity index (χ1v) is 10.9. The molecule has 6 nitrogen and oxygen atoms in total. The highest BCUT2D eigenvalue weighted by atomic mass is 16.2. The average molecular weight is 424 g/mol. The summed E-state index contributed by atoms with van der Waals surface area (Å²) in [6.45, 7) is 0.865. The van der Waals surface area contributed by atoms with E-state index in [2.05, 4.69) is 44.6 Å². The van der Waals surface area contributed by atoms with Crippen LogP contribution in [0.25, 0.3) is 22.4 Å². The molecule has 1 fully saturated rings. The number of hydrogen-bond donors (Lipinski definition) is 1. The van der Waals surface area contributed by atoms with Gasteiger partial charge >= 0.3 is 0 Å². The van der Waals surface area contributed by atoms with E-state index in [1.165, 1.54) is 0 Å². The lowest BCUT2D eigenvalue weighted by Crippen LogP contribution is -2.39. The van der Waals surface area contributed by atoms with Gasteiger partial charge in [0.15, 0.2) is 0 Å². The van der Waals surface area contributed by atoms with Crippen LogP contribution in [-0.4, -0.2) is 33.3 Å². The molecule has 32 heavy (non-hydrogen) atoms. The van der Waals surface area contributed by atoms with Gasteiger partial charge < -0.3 is 10.2 Å². The lowest BCUT2D eigenvalue weighted by atomic mass is 10.1. The second kappa shape index (κ2) is 8.67. The zero-order chi connectivity index (χ0) is 21.9. The number of aromatic nitrogens is 3. The van der Waals surface area contributed by atoms with Gasteiger partial charge in [0.05, 0.1) is 5.69 Å². The number of nitrogens with zero attached hydrogens (tertiary/aromatic N) is 4. The van der Waals surface area contributed by atoms with Gasteiger partial charge in [-0.1, -0.05) is 42.5 Å². The quantitative estimate of drug-likeness (QED) is 0.503. The Bertz CT molecular complexity index is 1200. The lowest BCUT2D eigenvalue weighted by Gasteiger charge is -2.26. The summed E-state index contributed by atoms with van der Waals surface area (Å²) < 4.78 is 1.86. The van der Waals surface area contributed by atoms with Gasteiger partial charge in [0.1, 0.15) is 11.9 Å². The third-order valence-electron chi connectivity index (χ3n) is 5.99. The summed E-state index contributed by atoms with van der Waals surface area (Å²) >= 11 is 0. The van der Waals surface area contributed by atoms with Crippen LogP contribution in [0.5, 0.6) is 0 Å². The molecule has 2 aromatic heterocycles. The van der Waals surface area contributed by atoms with E-state index in [0.717, 1.165) is 47.5 Å². The molecule has 0 aliphatic carbocycles. The minimum Gasteiger partial charge on any atom is -0.360 e. The van der Waals surface area contributed by atoms with Crippen molar-refractivity contribution in [2.75, 3.05) is 16.8 Å². The summed E-state index contributed by atoms with van der Waals surface area (Å²) in [5, 5.41) is 7.24. The van der Waals surface area contributed by atoms with E-state index in [0.29, 0.717) is 5.82 Å². The van der Waals surface area contributed by atoms with E-state index in [1.807, 2.05) is 60.3 Å². The van der Waals surface area contributed by atoms with Crippen molar-refractivity contribution >= 4 is 17.4 Å². The van der Waals surface area contributed by atoms with E-state index >= 15 is 0 Å². The minimum absolute atomic E-state index is 0.0156. The zero-order valence-electron chi connectivity index (χ0n) is 18.0. The van der Waals surface area contributed by atoms with Crippen molar-refractivity contribution in [1.29, 1.82) is 0 Å². The van der Waals surface area contributed by atoms with E-state index in [1.54, 1.807) is 12.4 Å². The number of amides is 1. The Morgan fingerprint density at radius 2 is 1.72 bits per heavy atom. The molecule has 0 spiro atoms. The Kier molecular flexibility index (Phi) is 5.42. The third-order valence-corrected chi connectivity index (χ3v) is 5.99. The summed E-state index contributed by atoms with van der Waals surface area (Å²) in [6.07, 6.45) is 5.42. The molecule has 0 unspecified atom stereocenters. The Labute approximate surface area is 187 Å². The molecule has 1 aliphatic heterocycles. The van der Waals surface area contributed by atoms with Crippen molar-refractivity contribution in [2.45, 2.75) is 18.9 Å². The largest absolute Gasteiger partial charge is 0.360 e. The fourth-order valence-corrected chi connectivity index (χ4v) is 4.31. The lowest BCUT2D eigenvalue weighted by molar-refractivity contribution is -0.117. The highest BCUT2D eigenvalue weighted by molar-refractivity contribution is 5.96. The molecule has 1 aliphatic rings. The predicted molar refractivity (Wildman–Crippen MR) is 127 cm³/mol. The molecule has 0 bridgehead atoms. The highest BCUT2D eigenvalue weighted by Gasteiger charge is 2.31. The number of nitrogens with one attached hydrogen (secondary N) is 1. The first-order valence-electron chi connectivity index (χ1n) is 10.9. The second-order valence-corrected chi connectivity index (χ2v) is 8.03. The molecule has 3 heterocycles. The van der Waals surface area contributed by atoms with E-state index in [4.69, 9.17) is 0 Å². The van der Waals surface area contributed by atoms with Gasteiger partial charge in [0.2, 0.25) is 5.91 Å². The molecule has 6 heteroatoms. The van der Waals surface area contributed by atoms with Crippen LogP contribution < -0.4 is 10.2 Å². The van der Waals surface area contributed by atoms with Crippen molar-refractivity contribution in [3.63, 3.8) is 0 Å². The molecular formula is C26H25N5O. The van der Waals surface area contributed by atoms with Gasteiger partial charge in [-0.15, -0.1) is 0 Å². The van der Waals surface area contributed by atoms with Gasteiger partial charge in [-0.3, -0.25) is 9.48 Å². The van der Waals surface area contributed by atoms with Crippen molar-refractivity contribution in [3.8, 4) is 22.4 Å². The smallest absolute Gasteiger partial charge is 0.248 e. The van der Waals surface area contributed by atoms with Crippen LogP contribution in [0.15, 0.2) is 85.2 Å². The van der Waals surface area contributed by atoms with Crippen LogP contribution in [0, 0.1) is 0 Å². The summed E-state index contributed by atoms with van der Waals surface area (Å²) in [7, 11) is 1.94. The number of carbonyl (C=O) groups is 1. The molecular weight excluding hydrogens is 398 g/mol. The fourth-order valence-electron chi connectivity index (χ4n) is 4.31. The van der Waals surface area contributed by atoms with Crippen LogP contribution >= 0.6 is 0 Å². The number of aryl methyl sites for hydroxylation is 1. The predicted octanol–water partition coefficient (Wildman–Crippen LogP) is 4.76. The highest BCUT2D eigenvalue weighted by Crippen LogP contribution is 2.29. The standard InChI is InChI=1S/C26H25N5O/c1-30-23(15-16-28-30)20-9-12-22(13-10-20)31-17-5-8-24(31)26(32)29-25-14-11-21(18-27-25)19-6-3-2-4-7-19/h2-4,6-7,9-16,18,24H,5,8,17H2,1H3,(H,27,29,32)/t24-/m0/s1. The third kappa shape index (κ3) is 3.99. The number of pyridine rings is 1. The maximum atomic E-state index is 13.0. The Morgan fingerprint density at radius 3 is 2.41 bits per heavy atom. The van der Waals surface area contributed by atoms with E-state index in [-0.39, 0.29) is 11.9 Å². The Hall–Kier alpha value is -3.93. The van der Waals surface area contributed by atoms with Gasteiger partial charge in [-0.25, -0.2) is 4.98 Å². The van der Waals surface area contributed by atoms with Crippen LogP contribution in [0.1, 0.15) is 12.8 Å². The minimum atomic E-state index is -0.201. The molecule has 2 aromatic carbocycles. The van der Waals surface area contributed by atoms with Crippen molar-refractivity contribution in [2.24, 2.45) is 7.05 Å². The topological polar surface area (TPSA) is 63.1 Å². The fraction of sp³-hybridized carbons (Fsp3) is 0.192. The van der Waals surface area contributed by atoms with Gasteiger partial charge in [0, 0.05) is 37.2 Å². The zero-order valence-corrected chi connectivity index (χ0v) is 18.0. The first kappa shape index (κ1) is 20.0. The molecule has 0 saturated carbocycles. The summed E-state index contributed by atoms with van der Waals surface area (Å²) in [5.41, 5.74) is 5.36. The number of hydrogen-bond acceptors (Lipinski definition) is 4. The van der Waals surface area contributed by atoms with Crippen LogP contribution in [-0.2, 0) is 11.8 Å². The monoisotopic (exact) mass is 423 g/mol. The Morgan fingerprint density at radius 1 is 0.938 bits per heavy atom. The van der Waals surface area contributed by atoms with Gasteiger partial charge in [0.25, 0.3) is 0 Å². The molecule has 5 rings (SSSR count). The molecule has 1 saturated heterocycles. The van der Waals surface area contributed by atoms with Gasteiger partial charge in [-0.2, -0.15) is 5.10 Å². The Balaban J connectivity index is 1.28. The summed E-state index contributed by atoms with van der Waals surface area (Å²) in [6, 6.07) is 24.1. The number of rotatable bonds is 5. The molecule has 160 valence electrons. The molecule has 4 aromatic rings. The summed E-state index contributed by atoms with van der Waals surface area (Å²) in [5.74, 6) is 0.561. The second-order valence-electron chi connectivity index (χ2n) is 8.03. The van der Waals surface area contributed by atoms with Crippen molar-refractivity contribution < 1.29 is 4.79 Å². The van der Waals surface area contributed by atoms with Crippen LogP contribution in [0.3, 0.4) is 0 Å². The van der Waals surface area contributed by atoms with Crippen molar-refractivity contribution in [3.05, 3.63) is 85.2 Å². The van der Waals surface area contributed by atoms with Crippen LogP contribution in [0.4, 0.5) is 11.5 Å². The summed E-state index contributed by atoms with van der Waals surface area (Å²) in [4.78, 5) is 19.7. The van der Waals surface area contributed by atoms with E-state index in [9.17, 15) is 4.79 Å².